The van der Waals surface area contributed by atoms with E-state index in [1.54, 1.807) is 36.4 Å². The number of ether oxygens (including phenoxy) is 2. The predicted molar refractivity (Wildman–Crippen MR) is 122 cm³/mol. The topological polar surface area (TPSA) is 140 Å². The first-order valence-electron chi connectivity index (χ1n) is 11.2. The highest BCUT2D eigenvalue weighted by Crippen LogP contribution is 2.54. The Morgan fingerprint density at radius 3 is 2.71 bits per heavy atom. The zero-order valence-corrected chi connectivity index (χ0v) is 19.1. The normalized spacial score (nSPS) is 28.0. The Kier molecular flexibility index (Phi) is 4.81. The maximum absolute atomic E-state index is 13.8. The lowest BCUT2D eigenvalue weighted by Crippen LogP contribution is -2.53. The van der Waals surface area contributed by atoms with Crippen molar-refractivity contribution in [2.45, 2.75) is 31.0 Å². The fourth-order valence-electron chi connectivity index (χ4n) is 5.76. The van der Waals surface area contributed by atoms with Gasteiger partial charge in [0.2, 0.25) is 30.4 Å². The van der Waals surface area contributed by atoms with Gasteiger partial charge in [-0.25, -0.2) is 0 Å². The van der Waals surface area contributed by atoms with E-state index in [-0.39, 0.29) is 26.2 Å². The molecule has 4 aliphatic rings. The third-order valence-electron chi connectivity index (χ3n) is 7.25. The number of carbonyl (C=O) groups is 4. The van der Waals surface area contributed by atoms with Crippen LogP contribution in [0.1, 0.15) is 24.0 Å². The SMILES string of the molecule is NC(=O)CC[C@@H]1N[C@]2(C(=O)Nc3ccc(Cl)cc32)[C@@H]2C(=O)N(Cc3ccc4c(c3)OCO4)C(=O)[C@H]12. The Morgan fingerprint density at radius 1 is 1.11 bits per heavy atom. The molecule has 4 heterocycles. The molecule has 0 bridgehead atoms. The van der Waals surface area contributed by atoms with E-state index in [9.17, 15) is 19.2 Å². The second-order valence-electron chi connectivity index (χ2n) is 9.16. The van der Waals surface area contributed by atoms with Gasteiger partial charge in [0.05, 0.1) is 18.4 Å². The first-order valence-corrected chi connectivity index (χ1v) is 11.6. The van der Waals surface area contributed by atoms with E-state index < -0.39 is 47.0 Å². The number of nitrogens with one attached hydrogen (secondary N) is 2. The van der Waals surface area contributed by atoms with Crippen molar-refractivity contribution in [3.05, 3.63) is 52.5 Å². The summed E-state index contributed by atoms with van der Waals surface area (Å²) in [4.78, 5) is 53.6. The number of likely N-dealkylation sites (tertiary alicyclic amines) is 1. The summed E-state index contributed by atoms with van der Waals surface area (Å²) < 4.78 is 10.7. The standard InChI is InChI=1S/C24H21ClN4O6/c25-12-2-3-14-13(8-12)24(23(33)27-14)20-19(15(28-24)4-6-18(26)30)21(31)29(22(20)32)9-11-1-5-16-17(7-11)35-10-34-16/h1-3,5,7-8,15,19-20,28H,4,6,9-10H2,(H2,26,30)(H,27,33)/t15-,19+,20-,24-/m0/s1. The van der Waals surface area contributed by atoms with Crippen LogP contribution in [0.25, 0.3) is 0 Å². The molecule has 6 rings (SSSR count). The van der Waals surface area contributed by atoms with Gasteiger partial charge in [-0.15, -0.1) is 0 Å². The van der Waals surface area contributed by atoms with Crippen LogP contribution in [0.3, 0.4) is 0 Å². The van der Waals surface area contributed by atoms with Crippen molar-refractivity contribution in [3.63, 3.8) is 0 Å². The molecular weight excluding hydrogens is 476 g/mol. The summed E-state index contributed by atoms with van der Waals surface area (Å²) in [7, 11) is 0. The number of rotatable bonds is 5. The molecule has 0 saturated carbocycles. The van der Waals surface area contributed by atoms with E-state index in [1.165, 1.54) is 4.90 Å². The Labute approximate surface area is 204 Å². The van der Waals surface area contributed by atoms with Gasteiger partial charge in [-0.1, -0.05) is 17.7 Å². The largest absolute Gasteiger partial charge is 0.454 e. The maximum Gasteiger partial charge on any atom is 0.250 e. The van der Waals surface area contributed by atoms with Gasteiger partial charge in [-0.2, -0.15) is 0 Å². The summed E-state index contributed by atoms with van der Waals surface area (Å²) >= 11 is 6.25. The molecule has 2 fully saturated rings. The molecule has 10 nitrogen and oxygen atoms in total. The number of amides is 4. The molecule has 2 aromatic carbocycles. The number of benzene rings is 2. The van der Waals surface area contributed by atoms with E-state index in [2.05, 4.69) is 10.6 Å². The summed E-state index contributed by atoms with van der Waals surface area (Å²) in [5.41, 5.74) is 5.60. The molecule has 0 aliphatic carbocycles. The summed E-state index contributed by atoms with van der Waals surface area (Å²) in [5.74, 6) is -2.54. The first-order chi connectivity index (χ1) is 16.8. The molecule has 35 heavy (non-hydrogen) atoms. The molecule has 11 heteroatoms. The van der Waals surface area contributed by atoms with Gasteiger partial charge in [0, 0.05) is 28.7 Å². The zero-order chi connectivity index (χ0) is 24.5. The van der Waals surface area contributed by atoms with Crippen LogP contribution in [0, 0.1) is 11.8 Å². The number of anilines is 1. The molecule has 0 unspecified atom stereocenters. The predicted octanol–water partition coefficient (Wildman–Crippen LogP) is 1.25. The third kappa shape index (κ3) is 3.13. The molecule has 4 amide bonds. The van der Waals surface area contributed by atoms with Gasteiger partial charge < -0.3 is 20.5 Å². The fraction of sp³-hybridized carbons (Fsp3) is 0.333. The maximum atomic E-state index is 13.8. The number of nitrogens with zero attached hydrogens (tertiary/aromatic N) is 1. The first kappa shape index (κ1) is 21.9. The highest BCUT2D eigenvalue weighted by molar-refractivity contribution is 6.31. The monoisotopic (exact) mass is 496 g/mol. The summed E-state index contributed by atoms with van der Waals surface area (Å²) in [5, 5.41) is 6.47. The number of halogens is 1. The Balaban J connectivity index is 1.40. The second-order valence-corrected chi connectivity index (χ2v) is 9.60. The van der Waals surface area contributed by atoms with Crippen molar-refractivity contribution in [1.82, 2.24) is 10.2 Å². The minimum Gasteiger partial charge on any atom is -0.454 e. The van der Waals surface area contributed by atoms with Crippen LogP contribution >= 0.6 is 11.6 Å². The second kappa shape index (κ2) is 7.69. The van der Waals surface area contributed by atoms with Crippen LogP contribution in [0.4, 0.5) is 5.69 Å². The van der Waals surface area contributed by atoms with Crippen molar-refractivity contribution in [1.29, 1.82) is 0 Å². The molecule has 4 N–H and O–H groups in total. The van der Waals surface area contributed by atoms with Crippen LogP contribution in [0.2, 0.25) is 5.02 Å². The lowest BCUT2D eigenvalue weighted by molar-refractivity contribution is -0.143. The van der Waals surface area contributed by atoms with Crippen molar-refractivity contribution in [2.24, 2.45) is 17.6 Å². The molecule has 2 saturated heterocycles. The van der Waals surface area contributed by atoms with Gasteiger partial charge in [0.25, 0.3) is 0 Å². The van der Waals surface area contributed by atoms with Crippen LogP contribution in [-0.2, 0) is 31.3 Å². The smallest absolute Gasteiger partial charge is 0.250 e. The lowest BCUT2D eigenvalue weighted by Gasteiger charge is -2.29. The molecule has 4 aliphatic heterocycles. The van der Waals surface area contributed by atoms with Crippen LogP contribution in [0.15, 0.2) is 36.4 Å². The van der Waals surface area contributed by atoms with Crippen molar-refractivity contribution in [2.75, 3.05) is 12.1 Å². The van der Waals surface area contributed by atoms with E-state index >= 15 is 0 Å². The van der Waals surface area contributed by atoms with Crippen LogP contribution in [0.5, 0.6) is 11.5 Å². The average Bonchev–Trinajstić information content (AvgIpc) is 3.55. The van der Waals surface area contributed by atoms with Gasteiger partial charge in [-0.05, 0) is 42.3 Å². The minimum atomic E-state index is -1.48. The van der Waals surface area contributed by atoms with Gasteiger partial charge in [0.15, 0.2) is 11.5 Å². The van der Waals surface area contributed by atoms with E-state index in [0.29, 0.717) is 33.3 Å². The molecule has 0 radical (unpaired) electrons. The van der Waals surface area contributed by atoms with Crippen LogP contribution < -0.4 is 25.8 Å². The average molecular weight is 497 g/mol. The molecule has 180 valence electrons. The zero-order valence-electron chi connectivity index (χ0n) is 18.4. The molecular formula is C24H21ClN4O6. The van der Waals surface area contributed by atoms with Crippen molar-refractivity contribution < 1.29 is 28.7 Å². The van der Waals surface area contributed by atoms with Crippen molar-refractivity contribution >= 4 is 40.9 Å². The Morgan fingerprint density at radius 2 is 1.91 bits per heavy atom. The third-order valence-corrected chi connectivity index (χ3v) is 7.48. The number of imide groups is 1. The molecule has 1 spiro atoms. The highest BCUT2D eigenvalue weighted by atomic mass is 35.5. The number of hydrogen-bond acceptors (Lipinski definition) is 7. The Bertz CT molecular complexity index is 1310. The number of carbonyl (C=O) groups excluding carboxylic acids is 4. The number of primary amides is 1. The van der Waals surface area contributed by atoms with Crippen molar-refractivity contribution in [3.8, 4) is 11.5 Å². The minimum absolute atomic E-state index is 0.00458. The highest BCUT2D eigenvalue weighted by Gasteiger charge is 2.70. The number of hydrogen-bond donors (Lipinski definition) is 3. The van der Waals surface area contributed by atoms with E-state index in [0.717, 1.165) is 0 Å². The molecule has 0 aromatic heterocycles. The lowest BCUT2D eigenvalue weighted by atomic mass is 9.76. The van der Waals surface area contributed by atoms with Gasteiger partial charge in [-0.3, -0.25) is 29.4 Å². The number of nitrogens with two attached hydrogens (primary N) is 1. The van der Waals surface area contributed by atoms with Crippen LogP contribution in [-0.4, -0.2) is 41.4 Å². The summed E-state index contributed by atoms with van der Waals surface area (Å²) in [6.45, 7) is 0.126. The summed E-state index contributed by atoms with van der Waals surface area (Å²) in [6, 6.07) is 9.55. The quantitative estimate of drug-likeness (QED) is 0.529. The summed E-state index contributed by atoms with van der Waals surface area (Å²) in [6.07, 6.45) is 0.211. The van der Waals surface area contributed by atoms with Gasteiger partial charge >= 0.3 is 0 Å². The van der Waals surface area contributed by atoms with E-state index in [4.69, 9.17) is 26.8 Å². The Hall–Kier alpha value is -3.63. The molecule has 4 atom stereocenters. The fourth-order valence-corrected chi connectivity index (χ4v) is 5.93. The number of fused-ring (bicyclic) bond motifs is 5. The van der Waals surface area contributed by atoms with Gasteiger partial charge in [0.1, 0.15) is 5.54 Å². The van der Waals surface area contributed by atoms with E-state index in [1.807, 2.05) is 0 Å². The molecule has 2 aromatic rings.